The Morgan fingerprint density at radius 2 is 1.94 bits per heavy atom. The minimum absolute atomic E-state index is 0.103. The van der Waals surface area contributed by atoms with Crippen molar-refractivity contribution in [2.75, 3.05) is 31.1 Å². The first kappa shape index (κ1) is 11.2. The Bertz CT molecular complexity index is 416. The molecule has 0 radical (unpaired) electrons. The van der Waals surface area contributed by atoms with E-state index in [4.69, 9.17) is 11.6 Å². The molecule has 1 saturated carbocycles. The number of hydrogen-bond donors (Lipinski definition) is 0. The van der Waals surface area contributed by atoms with E-state index >= 15 is 0 Å². The lowest BCUT2D eigenvalue weighted by atomic mass is 10.3. The normalized spacial score (nSPS) is 21.9. The summed E-state index contributed by atoms with van der Waals surface area (Å²) in [6, 6.07) is 0.774. The molecular weight excluding hydrogens is 243 g/mol. The SMILES string of the molecule is Fc1cnc(Cl)nc1N1CCN(C2CC2)CC1. The van der Waals surface area contributed by atoms with Crippen molar-refractivity contribution in [2.24, 2.45) is 0 Å². The van der Waals surface area contributed by atoms with Crippen molar-refractivity contribution in [3.63, 3.8) is 0 Å². The van der Waals surface area contributed by atoms with E-state index in [2.05, 4.69) is 14.9 Å². The van der Waals surface area contributed by atoms with E-state index in [1.54, 1.807) is 0 Å². The minimum Gasteiger partial charge on any atom is -0.351 e. The predicted octanol–water partition coefficient (Wildman–Crippen LogP) is 1.55. The van der Waals surface area contributed by atoms with E-state index in [-0.39, 0.29) is 5.28 Å². The lowest BCUT2D eigenvalue weighted by Crippen LogP contribution is -2.47. The molecule has 2 fully saturated rings. The summed E-state index contributed by atoms with van der Waals surface area (Å²) in [4.78, 5) is 12.0. The fraction of sp³-hybridized carbons (Fsp3) is 0.636. The Labute approximate surface area is 104 Å². The van der Waals surface area contributed by atoms with Gasteiger partial charge in [-0.1, -0.05) is 0 Å². The average Bonchev–Trinajstić information content (AvgIpc) is 3.17. The number of rotatable bonds is 2. The van der Waals surface area contributed by atoms with Gasteiger partial charge in [-0.2, -0.15) is 4.98 Å². The van der Waals surface area contributed by atoms with Crippen LogP contribution in [-0.4, -0.2) is 47.1 Å². The van der Waals surface area contributed by atoms with Crippen LogP contribution < -0.4 is 4.90 Å². The van der Waals surface area contributed by atoms with Crippen molar-refractivity contribution in [3.8, 4) is 0 Å². The Morgan fingerprint density at radius 3 is 2.59 bits per heavy atom. The number of nitrogens with zero attached hydrogens (tertiary/aromatic N) is 4. The largest absolute Gasteiger partial charge is 0.351 e. The summed E-state index contributed by atoms with van der Waals surface area (Å²) in [5, 5.41) is 0.103. The van der Waals surface area contributed by atoms with Gasteiger partial charge in [0, 0.05) is 32.2 Å². The highest BCUT2D eigenvalue weighted by Gasteiger charge is 2.31. The van der Waals surface area contributed by atoms with Crippen molar-refractivity contribution in [2.45, 2.75) is 18.9 Å². The van der Waals surface area contributed by atoms with E-state index < -0.39 is 5.82 Å². The molecule has 0 spiro atoms. The highest BCUT2D eigenvalue weighted by molar-refractivity contribution is 6.28. The van der Waals surface area contributed by atoms with E-state index in [1.807, 2.05) is 4.90 Å². The molecule has 0 bridgehead atoms. The van der Waals surface area contributed by atoms with Crippen LogP contribution in [-0.2, 0) is 0 Å². The maximum absolute atomic E-state index is 13.6. The van der Waals surface area contributed by atoms with Crippen LogP contribution in [0.25, 0.3) is 0 Å². The van der Waals surface area contributed by atoms with Gasteiger partial charge in [0.15, 0.2) is 11.6 Å². The van der Waals surface area contributed by atoms with Gasteiger partial charge in [0.2, 0.25) is 5.28 Å². The van der Waals surface area contributed by atoms with Crippen molar-refractivity contribution >= 4 is 17.4 Å². The zero-order valence-corrected chi connectivity index (χ0v) is 10.2. The Kier molecular flexibility index (Phi) is 2.88. The standard InChI is InChI=1S/C11H14ClFN4/c12-11-14-7-9(13)10(15-11)17-5-3-16(4-6-17)8-1-2-8/h7-8H,1-6H2. The predicted molar refractivity (Wildman–Crippen MR) is 63.8 cm³/mol. The molecule has 2 heterocycles. The summed E-state index contributed by atoms with van der Waals surface area (Å²) in [6.45, 7) is 3.57. The second-order valence-corrected chi connectivity index (χ2v) is 4.90. The third-order valence-corrected chi connectivity index (χ3v) is 3.56. The quantitative estimate of drug-likeness (QED) is 0.752. The topological polar surface area (TPSA) is 32.3 Å². The monoisotopic (exact) mass is 256 g/mol. The molecule has 1 aromatic rings. The Balaban J connectivity index is 1.70. The third kappa shape index (κ3) is 2.35. The molecule has 2 aliphatic rings. The van der Waals surface area contributed by atoms with Crippen molar-refractivity contribution < 1.29 is 4.39 Å². The van der Waals surface area contributed by atoms with E-state index in [0.29, 0.717) is 5.82 Å². The first-order valence-corrected chi connectivity index (χ1v) is 6.29. The van der Waals surface area contributed by atoms with Gasteiger partial charge in [0.1, 0.15) is 0 Å². The molecule has 0 aromatic carbocycles. The van der Waals surface area contributed by atoms with E-state index in [9.17, 15) is 4.39 Å². The first-order chi connectivity index (χ1) is 8.24. The van der Waals surface area contributed by atoms with Gasteiger partial charge in [0.05, 0.1) is 6.20 Å². The number of halogens is 2. The van der Waals surface area contributed by atoms with Crippen LogP contribution in [0.3, 0.4) is 0 Å². The smallest absolute Gasteiger partial charge is 0.224 e. The summed E-state index contributed by atoms with van der Waals surface area (Å²) in [6.07, 6.45) is 3.76. The molecule has 4 nitrogen and oxygen atoms in total. The maximum atomic E-state index is 13.6. The highest BCUT2D eigenvalue weighted by atomic mass is 35.5. The summed E-state index contributed by atoms with van der Waals surface area (Å²) in [5.41, 5.74) is 0. The summed E-state index contributed by atoms with van der Waals surface area (Å²) in [5.74, 6) is -0.0604. The summed E-state index contributed by atoms with van der Waals surface area (Å²) in [7, 11) is 0. The van der Waals surface area contributed by atoms with Crippen LogP contribution in [0.4, 0.5) is 10.2 Å². The molecule has 3 rings (SSSR count). The zero-order valence-electron chi connectivity index (χ0n) is 9.44. The van der Waals surface area contributed by atoms with Gasteiger partial charge in [-0.3, -0.25) is 4.90 Å². The van der Waals surface area contributed by atoms with Crippen molar-refractivity contribution in [1.82, 2.24) is 14.9 Å². The fourth-order valence-electron chi connectivity index (χ4n) is 2.30. The van der Waals surface area contributed by atoms with Crippen molar-refractivity contribution in [1.29, 1.82) is 0 Å². The molecule has 0 unspecified atom stereocenters. The van der Waals surface area contributed by atoms with Crippen LogP contribution in [0.2, 0.25) is 5.28 Å². The van der Waals surface area contributed by atoms with Gasteiger partial charge in [-0.25, -0.2) is 9.37 Å². The molecule has 92 valence electrons. The van der Waals surface area contributed by atoms with Gasteiger partial charge in [-0.05, 0) is 24.4 Å². The molecule has 17 heavy (non-hydrogen) atoms. The van der Waals surface area contributed by atoms with E-state index in [0.717, 1.165) is 38.4 Å². The third-order valence-electron chi connectivity index (χ3n) is 3.37. The van der Waals surface area contributed by atoms with Gasteiger partial charge < -0.3 is 4.90 Å². The zero-order chi connectivity index (χ0) is 11.8. The fourth-order valence-corrected chi connectivity index (χ4v) is 2.43. The molecule has 0 N–H and O–H groups in total. The van der Waals surface area contributed by atoms with E-state index in [1.165, 1.54) is 12.8 Å². The second kappa shape index (κ2) is 4.38. The van der Waals surface area contributed by atoms with Gasteiger partial charge in [-0.15, -0.1) is 0 Å². The minimum atomic E-state index is -0.394. The molecule has 1 aliphatic heterocycles. The molecule has 1 saturated heterocycles. The van der Waals surface area contributed by atoms with Crippen LogP contribution in [0.15, 0.2) is 6.20 Å². The Morgan fingerprint density at radius 1 is 1.24 bits per heavy atom. The second-order valence-electron chi connectivity index (χ2n) is 4.56. The molecular formula is C11H14ClFN4. The molecule has 6 heteroatoms. The number of aromatic nitrogens is 2. The van der Waals surface area contributed by atoms with Gasteiger partial charge in [0.25, 0.3) is 0 Å². The molecule has 1 aromatic heterocycles. The Hall–Kier alpha value is -0.940. The number of anilines is 1. The maximum Gasteiger partial charge on any atom is 0.224 e. The van der Waals surface area contributed by atoms with Crippen LogP contribution in [0, 0.1) is 5.82 Å². The van der Waals surface area contributed by atoms with Crippen LogP contribution >= 0.6 is 11.6 Å². The van der Waals surface area contributed by atoms with Crippen LogP contribution in [0.5, 0.6) is 0 Å². The highest BCUT2D eigenvalue weighted by Crippen LogP contribution is 2.28. The number of piperazine rings is 1. The molecule has 1 aliphatic carbocycles. The first-order valence-electron chi connectivity index (χ1n) is 5.91. The van der Waals surface area contributed by atoms with Crippen molar-refractivity contribution in [3.05, 3.63) is 17.3 Å². The molecule has 0 atom stereocenters. The van der Waals surface area contributed by atoms with Crippen LogP contribution in [0.1, 0.15) is 12.8 Å². The average molecular weight is 257 g/mol. The summed E-state index contributed by atoms with van der Waals surface area (Å²) >= 11 is 5.70. The van der Waals surface area contributed by atoms with Gasteiger partial charge >= 0.3 is 0 Å². The summed E-state index contributed by atoms with van der Waals surface area (Å²) < 4.78 is 13.6. The number of hydrogen-bond acceptors (Lipinski definition) is 4. The lowest BCUT2D eigenvalue weighted by Gasteiger charge is -2.35. The molecule has 0 amide bonds. The lowest BCUT2D eigenvalue weighted by molar-refractivity contribution is 0.247.